The lowest BCUT2D eigenvalue weighted by Gasteiger charge is -2.11. The highest BCUT2D eigenvalue weighted by Gasteiger charge is 2.24. The Morgan fingerprint density at radius 3 is 2.23 bits per heavy atom. The molecule has 9 nitrogen and oxygen atoms in total. The SMILES string of the molecule is N[C@@H](COC(=O)[C@@H]1CCCN1)C(=O)O.N[C@@H](Cc1ccccc1)C(=O)O. The summed E-state index contributed by atoms with van der Waals surface area (Å²) in [5.41, 5.74) is 11.5. The molecular weight excluding hydrogens is 342 g/mol. The lowest BCUT2D eigenvalue weighted by molar-refractivity contribution is -0.149. The van der Waals surface area contributed by atoms with Gasteiger partial charge in [-0.1, -0.05) is 30.3 Å². The molecule has 0 bridgehead atoms. The molecule has 0 spiro atoms. The molecule has 1 aromatic rings. The average Bonchev–Trinajstić information content (AvgIpc) is 3.15. The van der Waals surface area contributed by atoms with Crippen LogP contribution in [0.4, 0.5) is 0 Å². The zero-order valence-electron chi connectivity index (χ0n) is 14.3. The van der Waals surface area contributed by atoms with Gasteiger partial charge in [-0.2, -0.15) is 0 Å². The maximum Gasteiger partial charge on any atom is 0.324 e. The van der Waals surface area contributed by atoms with Crippen LogP contribution in [0.2, 0.25) is 0 Å². The minimum atomic E-state index is -1.17. The number of benzene rings is 1. The van der Waals surface area contributed by atoms with Gasteiger partial charge in [-0.15, -0.1) is 0 Å². The van der Waals surface area contributed by atoms with Gasteiger partial charge in [0.05, 0.1) is 0 Å². The van der Waals surface area contributed by atoms with Crippen LogP contribution < -0.4 is 16.8 Å². The van der Waals surface area contributed by atoms with Gasteiger partial charge in [0.1, 0.15) is 24.7 Å². The van der Waals surface area contributed by atoms with E-state index in [0.717, 1.165) is 24.9 Å². The van der Waals surface area contributed by atoms with E-state index in [1.165, 1.54) is 0 Å². The fourth-order valence-corrected chi connectivity index (χ4v) is 2.18. The van der Waals surface area contributed by atoms with E-state index in [1.807, 2.05) is 30.3 Å². The first kappa shape index (κ1) is 21.6. The second kappa shape index (κ2) is 11.2. The molecule has 1 saturated heterocycles. The van der Waals surface area contributed by atoms with Crippen molar-refractivity contribution in [2.24, 2.45) is 11.5 Å². The van der Waals surface area contributed by atoms with Crippen molar-refractivity contribution in [1.82, 2.24) is 5.32 Å². The molecule has 1 aliphatic heterocycles. The first-order chi connectivity index (χ1) is 12.3. The van der Waals surface area contributed by atoms with Gasteiger partial charge in [-0.25, -0.2) is 0 Å². The number of carboxylic acid groups (broad SMARTS) is 2. The van der Waals surface area contributed by atoms with Gasteiger partial charge in [0.25, 0.3) is 0 Å². The molecule has 144 valence electrons. The molecular formula is C17H25N3O6. The number of ether oxygens (including phenoxy) is 1. The molecule has 7 N–H and O–H groups in total. The Balaban J connectivity index is 0.000000263. The molecule has 0 radical (unpaired) electrons. The minimum absolute atomic E-state index is 0.271. The van der Waals surface area contributed by atoms with Crippen LogP contribution in [0.25, 0.3) is 0 Å². The highest BCUT2D eigenvalue weighted by molar-refractivity contribution is 5.77. The van der Waals surface area contributed by atoms with E-state index in [1.54, 1.807) is 0 Å². The summed E-state index contributed by atoms with van der Waals surface area (Å²) >= 11 is 0. The van der Waals surface area contributed by atoms with Gasteiger partial charge in [0, 0.05) is 0 Å². The Morgan fingerprint density at radius 1 is 1.12 bits per heavy atom. The Hall–Kier alpha value is -2.49. The van der Waals surface area contributed by atoms with Crippen molar-refractivity contribution in [3.63, 3.8) is 0 Å². The zero-order chi connectivity index (χ0) is 19.5. The van der Waals surface area contributed by atoms with Crippen molar-refractivity contribution in [3.8, 4) is 0 Å². The highest BCUT2D eigenvalue weighted by Crippen LogP contribution is 2.06. The van der Waals surface area contributed by atoms with Crippen LogP contribution in [0.1, 0.15) is 18.4 Å². The number of hydrogen-bond acceptors (Lipinski definition) is 7. The second-order valence-electron chi connectivity index (χ2n) is 5.86. The predicted octanol–water partition coefficient (Wildman–Crippen LogP) is -0.665. The number of rotatable bonds is 7. The molecule has 0 saturated carbocycles. The number of carbonyl (C=O) groups is 3. The maximum atomic E-state index is 11.2. The molecule has 3 atom stereocenters. The number of carboxylic acids is 2. The number of hydrogen-bond donors (Lipinski definition) is 5. The summed E-state index contributed by atoms with van der Waals surface area (Å²) in [6.07, 6.45) is 2.06. The van der Waals surface area contributed by atoms with E-state index in [0.29, 0.717) is 6.42 Å². The van der Waals surface area contributed by atoms with Crippen LogP contribution in [0.3, 0.4) is 0 Å². The van der Waals surface area contributed by atoms with E-state index in [2.05, 4.69) is 5.32 Å². The lowest BCUT2D eigenvalue weighted by Crippen LogP contribution is -2.39. The van der Waals surface area contributed by atoms with Gasteiger partial charge in [0.2, 0.25) is 0 Å². The number of aliphatic carboxylic acids is 2. The van der Waals surface area contributed by atoms with E-state index in [-0.39, 0.29) is 12.6 Å². The van der Waals surface area contributed by atoms with Crippen LogP contribution in [0.5, 0.6) is 0 Å². The summed E-state index contributed by atoms with van der Waals surface area (Å²) in [6.45, 7) is 0.525. The fourth-order valence-electron chi connectivity index (χ4n) is 2.18. The number of esters is 1. The monoisotopic (exact) mass is 367 g/mol. The standard InChI is InChI=1S/C9H11NO2.C8H14N2O4/c10-8(9(11)12)6-7-4-2-1-3-5-7;9-5(7(11)12)4-14-8(13)6-2-1-3-10-6/h1-5,8H,6,10H2,(H,11,12);5-6,10H,1-4,9H2,(H,11,12)/t8-;5-,6-/m00/s1. The molecule has 2 rings (SSSR count). The highest BCUT2D eigenvalue weighted by atomic mass is 16.5. The fraction of sp³-hybridized carbons (Fsp3) is 0.471. The largest absolute Gasteiger partial charge is 0.480 e. The van der Waals surface area contributed by atoms with Crippen LogP contribution in [0.15, 0.2) is 30.3 Å². The number of nitrogens with one attached hydrogen (secondary N) is 1. The molecule has 0 unspecified atom stereocenters. The van der Waals surface area contributed by atoms with Crippen molar-refractivity contribution < 1.29 is 29.3 Å². The average molecular weight is 367 g/mol. The molecule has 0 aromatic heterocycles. The van der Waals surface area contributed by atoms with Gasteiger partial charge in [-0.05, 0) is 31.4 Å². The van der Waals surface area contributed by atoms with Gasteiger partial charge >= 0.3 is 17.9 Å². The Bertz CT molecular complexity index is 589. The second-order valence-corrected chi connectivity index (χ2v) is 5.86. The van der Waals surface area contributed by atoms with E-state index >= 15 is 0 Å². The molecule has 1 aromatic carbocycles. The Labute approximate surface area is 151 Å². The Kier molecular flexibility index (Phi) is 9.27. The first-order valence-corrected chi connectivity index (χ1v) is 8.22. The number of nitrogens with two attached hydrogens (primary N) is 2. The summed E-state index contributed by atoms with van der Waals surface area (Å²) in [6, 6.07) is 7.11. The minimum Gasteiger partial charge on any atom is -0.480 e. The summed E-state index contributed by atoms with van der Waals surface area (Å²) < 4.78 is 4.74. The zero-order valence-corrected chi connectivity index (χ0v) is 14.3. The number of carbonyl (C=O) groups excluding carboxylic acids is 1. The molecule has 0 aliphatic carbocycles. The van der Waals surface area contributed by atoms with E-state index in [9.17, 15) is 14.4 Å². The van der Waals surface area contributed by atoms with Crippen molar-refractivity contribution >= 4 is 17.9 Å². The van der Waals surface area contributed by atoms with Crippen LogP contribution in [-0.4, -0.2) is 59.4 Å². The summed E-state index contributed by atoms with van der Waals surface area (Å²) in [4.78, 5) is 31.9. The lowest BCUT2D eigenvalue weighted by atomic mass is 10.1. The molecule has 1 aliphatic rings. The molecule has 1 fully saturated rings. The normalized spacial score (nSPS) is 18.2. The smallest absolute Gasteiger partial charge is 0.324 e. The topological polar surface area (TPSA) is 165 Å². The third-order valence-electron chi connectivity index (χ3n) is 3.68. The van der Waals surface area contributed by atoms with Crippen molar-refractivity contribution in [2.75, 3.05) is 13.2 Å². The Morgan fingerprint density at radius 2 is 1.73 bits per heavy atom. The summed E-state index contributed by atoms with van der Waals surface area (Å²) in [7, 11) is 0. The quantitative estimate of drug-likeness (QED) is 0.393. The van der Waals surface area contributed by atoms with Crippen LogP contribution in [0, 0.1) is 0 Å². The van der Waals surface area contributed by atoms with Crippen molar-refractivity contribution in [2.45, 2.75) is 37.4 Å². The summed E-state index contributed by atoms with van der Waals surface area (Å²) in [5, 5.41) is 19.9. The first-order valence-electron chi connectivity index (χ1n) is 8.22. The van der Waals surface area contributed by atoms with Crippen molar-refractivity contribution in [3.05, 3.63) is 35.9 Å². The van der Waals surface area contributed by atoms with E-state index in [4.69, 9.17) is 26.4 Å². The van der Waals surface area contributed by atoms with Crippen LogP contribution >= 0.6 is 0 Å². The molecule has 0 amide bonds. The van der Waals surface area contributed by atoms with E-state index < -0.39 is 30.0 Å². The van der Waals surface area contributed by atoms with Gasteiger partial charge in [0.15, 0.2) is 0 Å². The van der Waals surface area contributed by atoms with Crippen LogP contribution in [-0.2, 0) is 25.5 Å². The van der Waals surface area contributed by atoms with Gasteiger partial charge in [-0.3, -0.25) is 14.4 Å². The summed E-state index contributed by atoms with van der Waals surface area (Å²) in [5.74, 6) is -2.55. The molecule has 26 heavy (non-hydrogen) atoms. The third-order valence-corrected chi connectivity index (χ3v) is 3.68. The third kappa shape index (κ3) is 8.06. The molecule has 9 heteroatoms. The maximum absolute atomic E-state index is 11.2. The van der Waals surface area contributed by atoms with Gasteiger partial charge < -0.3 is 31.7 Å². The predicted molar refractivity (Wildman–Crippen MR) is 93.4 cm³/mol. The molecule has 1 heterocycles. The van der Waals surface area contributed by atoms with Crippen molar-refractivity contribution in [1.29, 1.82) is 0 Å².